The largest absolute Gasteiger partial charge is 0.460 e. The van der Waals surface area contributed by atoms with Crippen LogP contribution in [0.4, 0.5) is 5.95 Å². The summed E-state index contributed by atoms with van der Waals surface area (Å²) in [5.41, 5.74) is 0. The summed E-state index contributed by atoms with van der Waals surface area (Å²) in [6.45, 7) is 2.26. The summed E-state index contributed by atoms with van der Waals surface area (Å²) in [4.78, 5) is 17.0. The van der Waals surface area contributed by atoms with Crippen LogP contribution in [0.15, 0.2) is 18.7 Å². The Kier molecular flexibility index (Phi) is 3.98. The normalized spacial score (nSPS) is 22.0. The average Bonchev–Trinajstić information content (AvgIpc) is 3.01. The maximum absolute atomic E-state index is 5.97. The number of nitrogens with zero attached hydrogens (tertiary/aromatic N) is 5. The molecule has 3 rings (SSSR count). The average molecular weight is 288 g/mol. The van der Waals surface area contributed by atoms with Crippen molar-refractivity contribution in [1.82, 2.24) is 24.5 Å². The van der Waals surface area contributed by atoms with E-state index in [0.717, 1.165) is 12.8 Å². The molecule has 1 saturated carbocycles. The van der Waals surface area contributed by atoms with Gasteiger partial charge in [-0.25, -0.2) is 4.98 Å². The highest BCUT2D eigenvalue weighted by atomic mass is 16.5. The Bertz CT molecular complexity index is 585. The lowest BCUT2D eigenvalue weighted by atomic mass is 9.89. The monoisotopic (exact) mass is 288 g/mol. The van der Waals surface area contributed by atoms with Crippen LogP contribution < -0.4 is 10.1 Å². The predicted molar refractivity (Wildman–Crippen MR) is 78.5 cm³/mol. The fourth-order valence-electron chi connectivity index (χ4n) is 2.64. The third kappa shape index (κ3) is 3.29. The lowest BCUT2D eigenvalue weighted by molar-refractivity contribution is 0.118. The zero-order valence-electron chi connectivity index (χ0n) is 12.4. The second kappa shape index (κ2) is 6.07. The van der Waals surface area contributed by atoms with Crippen LogP contribution in [0.1, 0.15) is 32.6 Å². The maximum Gasteiger partial charge on any atom is 0.323 e. The molecule has 0 radical (unpaired) electrons. The number of imidazole rings is 1. The van der Waals surface area contributed by atoms with Gasteiger partial charge in [0.1, 0.15) is 12.4 Å². The minimum absolute atomic E-state index is 0.191. The SMILES string of the molecule is CNc1nc(OC2CCCC(C)C2)nc(-n2ccnc2)n1. The molecule has 1 aliphatic carbocycles. The summed E-state index contributed by atoms with van der Waals surface area (Å²) in [6.07, 6.45) is 9.92. The number of nitrogens with one attached hydrogen (secondary N) is 1. The number of rotatable bonds is 4. The van der Waals surface area contributed by atoms with E-state index in [2.05, 4.69) is 32.2 Å². The van der Waals surface area contributed by atoms with Crippen molar-refractivity contribution in [2.75, 3.05) is 12.4 Å². The topological polar surface area (TPSA) is 77.8 Å². The second-order valence-electron chi connectivity index (χ2n) is 5.47. The van der Waals surface area contributed by atoms with Crippen molar-refractivity contribution >= 4 is 5.95 Å². The predicted octanol–water partition coefficient (Wildman–Crippen LogP) is 2.06. The molecule has 1 fully saturated rings. The molecule has 2 atom stereocenters. The number of aromatic nitrogens is 5. The van der Waals surface area contributed by atoms with Crippen molar-refractivity contribution in [2.45, 2.75) is 38.7 Å². The van der Waals surface area contributed by atoms with Gasteiger partial charge in [0.15, 0.2) is 0 Å². The van der Waals surface area contributed by atoms with Gasteiger partial charge in [0.05, 0.1) is 0 Å². The number of anilines is 1. The van der Waals surface area contributed by atoms with Gasteiger partial charge in [-0.3, -0.25) is 4.57 Å². The summed E-state index contributed by atoms with van der Waals surface area (Å²) in [5.74, 6) is 1.70. The first kappa shape index (κ1) is 13.8. The van der Waals surface area contributed by atoms with E-state index in [1.54, 1.807) is 30.3 Å². The number of ether oxygens (including phenoxy) is 1. The van der Waals surface area contributed by atoms with Gasteiger partial charge in [0.2, 0.25) is 11.9 Å². The number of hydrogen-bond donors (Lipinski definition) is 1. The Morgan fingerprint density at radius 1 is 1.29 bits per heavy atom. The highest BCUT2D eigenvalue weighted by Gasteiger charge is 2.21. The molecule has 112 valence electrons. The molecule has 21 heavy (non-hydrogen) atoms. The molecule has 0 aliphatic heterocycles. The van der Waals surface area contributed by atoms with Crippen molar-refractivity contribution in [3.05, 3.63) is 18.7 Å². The summed E-state index contributed by atoms with van der Waals surface area (Å²) < 4.78 is 7.71. The minimum Gasteiger partial charge on any atom is -0.460 e. The van der Waals surface area contributed by atoms with Crippen molar-refractivity contribution in [2.24, 2.45) is 5.92 Å². The van der Waals surface area contributed by atoms with Crippen LogP contribution in [0.5, 0.6) is 6.01 Å². The zero-order valence-corrected chi connectivity index (χ0v) is 12.4. The molecule has 1 N–H and O–H groups in total. The highest BCUT2D eigenvalue weighted by Crippen LogP contribution is 2.26. The molecular weight excluding hydrogens is 268 g/mol. The van der Waals surface area contributed by atoms with Gasteiger partial charge >= 0.3 is 6.01 Å². The molecule has 1 aliphatic rings. The third-order valence-corrected chi connectivity index (χ3v) is 3.72. The lowest BCUT2D eigenvalue weighted by Gasteiger charge is -2.26. The summed E-state index contributed by atoms with van der Waals surface area (Å²) in [5, 5.41) is 2.94. The molecule has 0 bridgehead atoms. The molecule has 0 spiro atoms. The molecule has 0 aromatic carbocycles. The van der Waals surface area contributed by atoms with Crippen molar-refractivity contribution in [1.29, 1.82) is 0 Å². The molecule has 7 nitrogen and oxygen atoms in total. The van der Waals surface area contributed by atoms with E-state index in [-0.39, 0.29) is 6.10 Å². The Morgan fingerprint density at radius 3 is 2.90 bits per heavy atom. The fraction of sp³-hybridized carbons (Fsp3) is 0.571. The quantitative estimate of drug-likeness (QED) is 0.927. The van der Waals surface area contributed by atoms with Crippen LogP contribution in [0.3, 0.4) is 0 Å². The third-order valence-electron chi connectivity index (χ3n) is 3.72. The van der Waals surface area contributed by atoms with E-state index >= 15 is 0 Å². The van der Waals surface area contributed by atoms with Crippen molar-refractivity contribution in [3.63, 3.8) is 0 Å². The van der Waals surface area contributed by atoms with Crippen LogP contribution in [0, 0.1) is 5.92 Å². The second-order valence-corrected chi connectivity index (χ2v) is 5.47. The van der Waals surface area contributed by atoms with Gasteiger partial charge in [0.25, 0.3) is 0 Å². The number of hydrogen-bond acceptors (Lipinski definition) is 6. The Balaban J connectivity index is 1.82. The zero-order chi connectivity index (χ0) is 14.7. The molecule has 2 heterocycles. The first-order chi connectivity index (χ1) is 10.2. The molecule has 0 saturated heterocycles. The van der Waals surface area contributed by atoms with Gasteiger partial charge < -0.3 is 10.1 Å². The first-order valence-electron chi connectivity index (χ1n) is 7.33. The van der Waals surface area contributed by atoms with Crippen LogP contribution in [0.2, 0.25) is 0 Å². The van der Waals surface area contributed by atoms with Crippen molar-refractivity contribution < 1.29 is 4.74 Å². The molecule has 7 heteroatoms. The first-order valence-corrected chi connectivity index (χ1v) is 7.33. The summed E-state index contributed by atoms with van der Waals surface area (Å²) >= 11 is 0. The van der Waals surface area contributed by atoms with E-state index < -0.39 is 0 Å². The Labute approximate surface area is 123 Å². The molecule has 2 aromatic heterocycles. The standard InChI is InChI=1S/C14H20N6O/c1-10-4-3-5-11(8-10)21-14-18-12(15-2)17-13(19-14)20-7-6-16-9-20/h6-7,9-11H,3-5,8H2,1-2H3,(H,15,17,18,19). The molecule has 0 amide bonds. The summed E-state index contributed by atoms with van der Waals surface area (Å²) in [6, 6.07) is 0.372. The Hall–Kier alpha value is -2.18. The van der Waals surface area contributed by atoms with E-state index in [9.17, 15) is 0 Å². The summed E-state index contributed by atoms with van der Waals surface area (Å²) in [7, 11) is 1.78. The Morgan fingerprint density at radius 2 is 2.19 bits per heavy atom. The highest BCUT2D eigenvalue weighted by molar-refractivity contribution is 5.29. The lowest BCUT2D eigenvalue weighted by Crippen LogP contribution is -2.25. The smallest absolute Gasteiger partial charge is 0.323 e. The van der Waals surface area contributed by atoms with Gasteiger partial charge in [-0.1, -0.05) is 13.3 Å². The van der Waals surface area contributed by atoms with Gasteiger partial charge in [-0.2, -0.15) is 15.0 Å². The van der Waals surface area contributed by atoms with E-state index in [1.165, 1.54) is 12.8 Å². The van der Waals surface area contributed by atoms with Gasteiger partial charge in [-0.05, 0) is 25.2 Å². The van der Waals surface area contributed by atoms with Crippen LogP contribution in [-0.2, 0) is 0 Å². The fourth-order valence-corrected chi connectivity index (χ4v) is 2.64. The van der Waals surface area contributed by atoms with E-state index in [4.69, 9.17) is 4.74 Å². The van der Waals surface area contributed by atoms with Gasteiger partial charge in [0, 0.05) is 19.4 Å². The molecule has 2 aromatic rings. The van der Waals surface area contributed by atoms with E-state index in [0.29, 0.717) is 23.8 Å². The van der Waals surface area contributed by atoms with Gasteiger partial charge in [-0.15, -0.1) is 0 Å². The van der Waals surface area contributed by atoms with Crippen molar-refractivity contribution in [3.8, 4) is 12.0 Å². The molecule has 2 unspecified atom stereocenters. The van der Waals surface area contributed by atoms with Crippen LogP contribution in [0.25, 0.3) is 5.95 Å². The maximum atomic E-state index is 5.97. The molecular formula is C14H20N6O. The minimum atomic E-state index is 0.191. The van der Waals surface area contributed by atoms with Crippen LogP contribution >= 0.6 is 0 Å². The van der Waals surface area contributed by atoms with E-state index in [1.807, 2.05) is 0 Å². The van der Waals surface area contributed by atoms with Crippen LogP contribution in [-0.4, -0.2) is 37.7 Å².